The molecule has 0 aliphatic rings. The molecule has 1 heterocycles. The van der Waals surface area contributed by atoms with Crippen molar-refractivity contribution in [1.82, 2.24) is 5.32 Å². The molecule has 0 radical (unpaired) electrons. The number of carbonyl (C=O) groups is 2. The molecule has 6 heteroatoms. The third kappa shape index (κ3) is 3.72. The molecule has 1 rings (SSSR count). The predicted molar refractivity (Wildman–Crippen MR) is 70.2 cm³/mol. The molecule has 1 unspecified atom stereocenters. The highest BCUT2D eigenvalue weighted by Gasteiger charge is 2.18. The zero-order valence-corrected chi connectivity index (χ0v) is 11.8. The van der Waals surface area contributed by atoms with E-state index in [1.807, 2.05) is 29.5 Å². The van der Waals surface area contributed by atoms with E-state index in [0.29, 0.717) is 17.7 Å². The number of hydrogen-bond acceptors (Lipinski definition) is 4. The Morgan fingerprint density at radius 2 is 2.29 bits per heavy atom. The van der Waals surface area contributed by atoms with Gasteiger partial charge in [0.15, 0.2) is 0 Å². The summed E-state index contributed by atoms with van der Waals surface area (Å²) < 4.78 is 9.33. The molecule has 0 aliphatic carbocycles. The normalized spacial score (nSPS) is 11.9. The van der Waals surface area contributed by atoms with Gasteiger partial charge in [-0.25, -0.2) is 0 Å². The summed E-state index contributed by atoms with van der Waals surface area (Å²) in [5.41, 5.74) is 0.515. The molecule has 5 nitrogen and oxygen atoms in total. The number of rotatable bonds is 5. The highest BCUT2D eigenvalue weighted by atomic mass is 127. The minimum Gasteiger partial charge on any atom is -0.469 e. The lowest BCUT2D eigenvalue weighted by atomic mass is 10.2. The maximum absolute atomic E-state index is 11.8. The number of alkyl halides is 1. The van der Waals surface area contributed by atoms with Gasteiger partial charge in [0.2, 0.25) is 0 Å². The first-order valence-corrected chi connectivity index (χ1v) is 6.41. The molecule has 0 saturated heterocycles. The minimum absolute atomic E-state index is 0.235. The van der Waals surface area contributed by atoms with E-state index in [-0.39, 0.29) is 18.4 Å². The topological polar surface area (TPSA) is 68.5 Å². The molecule has 17 heavy (non-hydrogen) atoms. The van der Waals surface area contributed by atoms with Gasteiger partial charge in [0.1, 0.15) is 9.68 Å². The highest BCUT2D eigenvalue weighted by molar-refractivity contribution is 14.1. The molecule has 0 aromatic carbocycles. The van der Waals surface area contributed by atoms with E-state index in [0.717, 1.165) is 0 Å². The Morgan fingerprint density at radius 3 is 2.88 bits per heavy atom. The molecule has 1 aromatic heterocycles. The van der Waals surface area contributed by atoms with Crippen LogP contribution in [0.4, 0.5) is 0 Å². The summed E-state index contributed by atoms with van der Waals surface area (Å²) in [6, 6.07) is 1.62. The van der Waals surface area contributed by atoms with Crippen LogP contribution in [0.15, 0.2) is 16.7 Å². The maximum Gasteiger partial charge on any atom is 0.320 e. The fourth-order valence-corrected chi connectivity index (χ4v) is 1.78. The van der Waals surface area contributed by atoms with Crippen molar-refractivity contribution < 1.29 is 18.7 Å². The van der Waals surface area contributed by atoms with Gasteiger partial charge >= 0.3 is 5.97 Å². The van der Waals surface area contributed by atoms with Gasteiger partial charge < -0.3 is 14.5 Å². The molecular weight excluding hydrogens is 337 g/mol. The van der Waals surface area contributed by atoms with Gasteiger partial charge in [-0.15, -0.1) is 0 Å². The largest absolute Gasteiger partial charge is 0.469 e. The molecule has 1 N–H and O–H groups in total. The third-order valence-electron chi connectivity index (χ3n) is 2.21. The molecule has 94 valence electrons. The molecule has 0 saturated carbocycles. The average molecular weight is 351 g/mol. The van der Waals surface area contributed by atoms with Crippen LogP contribution >= 0.6 is 22.6 Å². The summed E-state index contributed by atoms with van der Waals surface area (Å²) in [6.07, 6.45) is 2.13. The first-order chi connectivity index (χ1) is 8.10. The van der Waals surface area contributed by atoms with Crippen molar-refractivity contribution in [2.45, 2.75) is 17.3 Å². The second kappa shape index (κ2) is 6.63. The number of carbonyl (C=O) groups excluding carboxylic acids is 2. The Labute approximate surface area is 113 Å². The summed E-state index contributed by atoms with van der Waals surface area (Å²) in [5, 5.41) is 2.67. The van der Waals surface area contributed by atoms with E-state index in [4.69, 9.17) is 4.42 Å². The number of methoxy groups -OCH3 is 1. The lowest BCUT2D eigenvalue weighted by Gasteiger charge is -2.08. The van der Waals surface area contributed by atoms with E-state index < -0.39 is 3.92 Å². The van der Waals surface area contributed by atoms with Crippen molar-refractivity contribution in [1.29, 1.82) is 0 Å². The molecule has 0 aliphatic heterocycles. The third-order valence-corrected chi connectivity index (χ3v) is 3.16. The number of esters is 1. The minimum atomic E-state index is -0.390. The molecule has 1 aromatic rings. The van der Waals surface area contributed by atoms with Crippen LogP contribution in [0.2, 0.25) is 0 Å². The Kier molecular flexibility index (Phi) is 5.46. The van der Waals surface area contributed by atoms with Crippen molar-refractivity contribution in [2.24, 2.45) is 0 Å². The van der Waals surface area contributed by atoms with Gasteiger partial charge in [-0.05, 0) is 6.07 Å². The standard InChI is InChI=1S/C11H14INO4/c1-3-9-7(4-5-17-9)10(14)13-6-8(12)11(15)16-2/h4-5,8H,3,6H2,1-2H3,(H,13,14). The number of halogens is 1. The van der Waals surface area contributed by atoms with Crippen LogP contribution in [0.5, 0.6) is 0 Å². The van der Waals surface area contributed by atoms with E-state index in [2.05, 4.69) is 10.1 Å². The average Bonchev–Trinajstić information content (AvgIpc) is 2.82. The van der Waals surface area contributed by atoms with Gasteiger partial charge in [-0.1, -0.05) is 29.5 Å². The summed E-state index contributed by atoms with van der Waals surface area (Å²) in [5.74, 6) is 0.0561. The number of ether oxygens (including phenoxy) is 1. The Balaban J connectivity index is 2.53. The van der Waals surface area contributed by atoms with Crippen LogP contribution in [0, 0.1) is 0 Å². The van der Waals surface area contributed by atoms with Crippen molar-refractivity contribution >= 4 is 34.5 Å². The van der Waals surface area contributed by atoms with Crippen molar-refractivity contribution in [3.8, 4) is 0 Å². The van der Waals surface area contributed by atoms with E-state index in [1.54, 1.807) is 6.07 Å². The first kappa shape index (κ1) is 14.0. The smallest absolute Gasteiger partial charge is 0.320 e. The van der Waals surface area contributed by atoms with Crippen LogP contribution in [0.1, 0.15) is 23.0 Å². The van der Waals surface area contributed by atoms with Crippen LogP contribution in [0.25, 0.3) is 0 Å². The molecule has 0 bridgehead atoms. The lowest BCUT2D eigenvalue weighted by Crippen LogP contribution is -2.34. The monoisotopic (exact) mass is 351 g/mol. The van der Waals surface area contributed by atoms with Crippen molar-refractivity contribution in [3.05, 3.63) is 23.7 Å². The maximum atomic E-state index is 11.8. The van der Waals surface area contributed by atoms with Crippen LogP contribution in [-0.4, -0.2) is 29.5 Å². The number of aryl methyl sites for hydroxylation is 1. The van der Waals surface area contributed by atoms with Crippen molar-refractivity contribution in [3.63, 3.8) is 0 Å². The lowest BCUT2D eigenvalue weighted by molar-refractivity contribution is -0.139. The van der Waals surface area contributed by atoms with Crippen LogP contribution in [-0.2, 0) is 16.0 Å². The van der Waals surface area contributed by atoms with Gasteiger partial charge in [-0.2, -0.15) is 0 Å². The van der Waals surface area contributed by atoms with E-state index >= 15 is 0 Å². The number of nitrogens with one attached hydrogen (secondary N) is 1. The highest BCUT2D eigenvalue weighted by Crippen LogP contribution is 2.11. The Hall–Kier alpha value is -1.05. The zero-order valence-electron chi connectivity index (χ0n) is 9.66. The molecule has 1 atom stereocenters. The first-order valence-electron chi connectivity index (χ1n) is 5.16. The van der Waals surface area contributed by atoms with Crippen LogP contribution < -0.4 is 5.32 Å². The van der Waals surface area contributed by atoms with Gasteiger partial charge in [0, 0.05) is 13.0 Å². The van der Waals surface area contributed by atoms with Gasteiger partial charge in [0.25, 0.3) is 5.91 Å². The SMILES string of the molecule is CCc1occc1C(=O)NCC(I)C(=O)OC. The summed E-state index contributed by atoms with van der Waals surface area (Å²) in [7, 11) is 1.32. The number of hydrogen-bond donors (Lipinski definition) is 1. The quantitative estimate of drug-likeness (QED) is 0.497. The molecule has 0 fully saturated rings. The fraction of sp³-hybridized carbons (Fsp3) is 0.455. The summed E-state index contributed by atoms with van der Waals surface area (Å²) in [4.78, 5) is 22.9. The van der Waals surface area contributed by atoms with Crippen molar-refractivity contribution in [2.75, 3.05) is 13.7 Å². The number of furan rings is 1. The fourth-order valence-electron chi connectivity index (χ4n) is 1.31. The van der Waals surface area contributed by atoms with E-state index in [9.17, 15) is 9.59 Å². The molecule has 0 spiro atoms. The van der Waals surface area contributed by atoms with Crippen LogP contribution in [0.3, 0.4) is 0 Å². The molecular formula is C11H14INO4. The van der Waals surface area contributed by atoms with E-state index in [1.165, 1.54) is 13.4 Å². The van der Waals surface area contributed by atoms with Gasteiger partial charge in [-0.3, -0.25) is 9.59 Å². The van der Waals surface area contributed by atoms with Gasteiger partial charge in [0.05, 0.1) is 18.9 Å². The summed E-state index contributed by atoms with van der Waals surface area (Å²) in [6.45, 7) is 2.14. The summed E-state index contributed by atoms with van der Waals surface area (Å²) >= 11 is 1.92. The predicted octanol–water partition coefficient (Wildman–Crippen LogP) is 1.55. The molecule has 1 amide bonds. The zero-order chi connectivity index (χ0) is 12.8. The Bertz CT molecular complexity index is 402. The second-order valence-electron chi connectivity index (χ2n) is 3.31. The second-order valence-corrected chi connectivity index (χ2v) is 4.82. The number of amides is 1. The Morgan fingerprint density at radius 1 is 1.59 bits per heavy atom.